The molecule has 142 valence electrons. The van der Waals surface area contributed by atoms with Crippen LogP contribution in [-0.4, -0.2) is 11.8 Å². The van der Waals surface area contributed by atoms with Crippen LogP contribution in [0.5, 0.6) is 0 Å². The Kier molecular flexibility index (Phi) is 4.80. The third kappa shape index (κ3) is 3.13. The van der Waals surface area contributed by atoms with E-state index in [2.05, 4.69) is 93.4 Å². The first-order valence-corrected chi connectivity index (χ1v) is 10.0. The Morgan fingerprint density at radius 1 is 1.21 bits per heavy atom. The minimum atomic E-state index is -0.313. The molecule has 2 aliphatic carbocycles. The average Bonchev–Trinajstić information content (AvgIpc) is 2.65. The Morgan fingerprint density at radius 2 is 2.04 bits per heavy atom. The SMILES string of the molecule is C=C1C=CC2=C(CC3C=C(C)CC2(N=C/C=C/c2ccccc2C)/C3=C/C)N1. The summed E-state index contributed by atoms with van der Waals surface area (Å²) in [5.74, 6) is 0.404. The van der Waals surface area contributed by atoms with Crippen LogP contribution >= 0.6 is 0 Å². The van der Waals surface area contributed by atoms with Crippen LogP contribution in [0, 0.1) is 12.8 Å². The van der Waals surface area contributed by atoms with Gasteiger partial charge in [0.1, 0.15) is 5.54 Å². The molecule has 1 aromatic carbocycles. The monoisotopic (exact) mass is 368 g/mol. The van der Waals surface area contributed by atoms with Gasteiger partial charge in [0.15, 0.2) is 0 Å². The van der Waals surface area contributed by atoms with Crippen molar-refractivity contribution in [1.82, 2.24) is 5.32 Å². The zero-order valence-corrected chi connectivity index (χ0v) is 17.0. The van der Waals surface area contributed by atoms with Crippen LogP contribution in [0.2, 0.25) is 0 Å². The molecule has 0 spiro atoms. The van der Waals surface area contributed by atoms with Gasteiger partial charge < -0.3 is 5.32 Å². The van der Waals surface area contributed by atoms with Crippen LogP contribution in [0.25, 0.3) is 6.08 Å². The normalized spacial score (nSPS) is 28.1. The molecule has 28 heavy (non-hydrogen) atoms. The second-order valence-corrected chi connectivity index (χ2v) is 7.97. The first-order chi connectivity index (χ1) is 13.5. The summed E-state index contributed by atoms with van der Waals surface area (Å²) in [5, 5.41) is 3.50. The van der Waals surface area contributed by atoms with Crippen LogP contribution in [0.1, 0.15) is 37.8 Å². The van der Waals surface area contributed by atoms with Gasteiger partial charge in [-0.15, -0.1) is 0 Å². The molecule has 2 nitrogen and oxygen atoms in total. The summed E-state index contributed by atoms with van der Waals surface area (Å²) >= 11 is 0. The molecule has 2 atom stereocenters. The second-order valence-electron chi connectivity index (χ2n) is 7.97. The van der Waals surface area contributed by atoms with Gasteiger partial charge in [0, 0.05) is 35.5 Å². The fourth-order valence-electron chi connectivity index (χ4n) is 4.81. The van der Waals surface area contributed by atoms with E-state index in [-0.39, 0.29) is 5.54 Å². The molecule has 1 aromatic rings. The molecular formula is C26H28N2. The lowest BCUT2D eigenvalue weighted by atomic mass is 9.62. The number of aryl methyl sites for hydroxylation is 1. The third-order valence-corrected chi connectivity index (χ3v) is 6.01. The highest BCUT2D eigenvalue weighted by atomic mass is 15.0. The summed E-state index contributed by atoms with van der Waals surface area (Å²) in [4.78, 5) is 5.19. The van der Waals surface area contributed by atoms with Gasteiger partial charge >= 0.3 is 0 Å². The first-order valence-electron chi connectivity index (χ1n) is 10.0. The van der Waals surface area contributed by atoms with E-state index >= 15 is 0 Å². The third-order valence-electron chi connectivity index (χ3n) is 6.01. The van der Waals surface area contributed by atoms with E-state index in [1.807, 2.05) is 6.21 Å². The van der Waals surface area contributed by atoms with E-state index in [9.17, 15) is 0 Å². The molecule has 0 aromatic heterocycles. The smallest absolute Gasteiger partial charge is 0.112 e. The van der Waals surface area contributed by atoms with Gasteiger partial charge in [0.05, 0.1) is 0 Å². The standard InChI is InChI=1S/C26H28N2/c1-5-23-22-15-18(2)17-26(23,24-13-12-20(4)28-25(24)16-22)27-14-8-11-21-10-7-6-9-19(21)3/h5-15,22,28H,4,16-17H2,1-3H3/b11-8+,23-5+,27-14?. The number of hydrogen-bond donors (Lipinski definition) is 1. The fraction of sp³-hybridized carbons (Fsp3) is 0.269. The van der Waals surface area contributed by atoms with Crippen LogP contribution in [0.4, 0.5) is 0 Å². The van der Waals surface area contributed by atoms with E-state index < -0.39 is 0 Å². The average molecular weight is 369 g/mol. The van der Waals surface area contributed by atoms with E-state index in [1.54, 1.807) is 0 Å². The summed E-state index contributed by atoms with van der Waals surface area (Å²) in [6, 6.07) is 8.42. The fourth-order valence-corrected chi connectivity index (χ4v) is 4.81. The van der Waals surface area contributed by atoms with Crippen molar-refractivity contribution in [3.05, 3.63) is 100 Å². The van der Waals surface area contributed by atoms with Crippen molar-refractivity contribution in [3.8, 4) is 0 Å². The molecule has 0 amide bonds. The van der Waals surface area contributed by atoms with Gasteiger partial charge in [-0.2, -0.15) is 0 Å². The van der Waals surface area contributed by atoms with Crippen molar-refractivity contribution in [3.63, 3.8) is 0 Å². The Hall–Kier alpha value is -2.87. The van der Waals surface area contributed by atoms with Crippen molar-refractivity contribution in [1.29, 1.82) is 0 Å². The Labute approximate surface area is 168 Å². The highest BCUT2D eigenvalue weighted by molar-refractivity contribution is 5.80. The van der Waals surface area contributed by atoms with Gasteiger partial charge in [-0.3, -0.25) is 4.99 Å². The lowest BCUT2D eigenvalue weighted by molar-refractivity contribution is 0.453. The molecule has 0 saturated heterocycles. The predicted molar refractivity (Wildman–Crippen MR) is 120 cm³/mol. The number of rotatable bonds is 3. The topological polar surface area (TPSA) is 24.4 Å². The Bertz CT molecular complexity index is 997. The molecule has 3 aliphatic rings. The van der Waals surface area contributed by atoms with Crippen LogP contribution in [0.15, 0.2) is 94.3 Å². The summed E-state index contributed by atoms with van der Waals surface area (Å²) in [6.45, 7) is 10.6. The van der Waals surface area contributed by atoms with E-state index in [1.165, 1.54) is 33.5 Å². The molecule has 4 rings (SSSR count). The minimum absolute atomic E-state index is 0.313. The maximum Gasteiger partial charge on any atom is 0.112 e. The zero-order valence-electron chi connectivity index (χ0n) is 17.0. The molecule has 2 bridgehead atoms. The van der Waals surface area contributed by atoms with Crippen molar-refractivity contribution >= 4 is 12.3 Å². The highest BCUT2D eigenvalue weighted by Crippen LogP contribution is 2.51. The van der Waals surface area contributed by atoms with Gasteiger partial charge in [0.25, 0.3) is 0 Å². The summed E-state index contributed by atoms with van der Waals surface area (Å²) in [6.07, 6.45) is 17.1. The lowest BCUT2D eigenvalue weighted by Crippen LogP contribution is -2.44. The molecule has 0 saturated carbocycles. The summed E-state index contributed by atoms with van der Waals surface area (Å²) in [7, 11) is 0. The van der Waals surface area contributed by atoms with E-state index in [0.29, 0.717) is 5.92 Å². The molecule has 0 radical (unpaired) electrons. The lowest BCUT2D eigenvalue weighted by Gasteiger charge is -2.47. The molecule has 1 N–H and O–H groups in total. The number of nitrogens with zero attached hydrogens (tertiary/aromatic N) is 1. The van der Waals surface area contributed by atoms with Crippen molar-refractivity contribution in [2.24, 2.45) is 10.9 Å². The number of aliphatic imine (C=N–C) groups is 1. The van der Waals surface area contributed by atoms with Crippen LogP contribution < -0.4 is 5.32 Å². The number of allylic oxidation sites excluding steroid dienone is 5. The molecule has 2 unspecified atom stereocenters. The summed E-state index contributed by atoms with van der Waals surface area (Å²) in [5.41, 5.74) is 8.54. The molecule has 1 heterocycles. The van der Waals surface area contributed by atoms with Crippen molar-refractivity contribution in [2.45, 2.75) is 39.2 Å². The Morgan fingerprint density at radius 3 is 2.82 bits per heavy atom. The largest absolute Gasteiger partial charge is 0.359 e. The highest BCUT2D eigenvalue weighted by Gasteiger charge is 2.47. The van der Waals surface area contributed by atoms with E-state index in [4.69, 9.17) is 4.99 Å². The van der Waals surface area contributed by atoms with Gasteiger partial charge in [0.2, 0.25) is 0 Å². The second kappa shape index (κ2) is 7.27. The van der Waals surface area contributed by atoms with Gasteiger partial charge in [-0.25, -0.2) is 0 Å². The summed E-state index contributed by atoms with van der Waals surface area (Å²) < 4.78 is 0. The zero-order chi connectivity index (χ0) is 19.7. The number of benzene rings is 1. The van der Waals surface area contributed by atoms with E-state index in [0.717, 1.165) is 18.5 Å². The number of dihydropyridines is 1. The van der Waals surface area contributed by atoms with Crippen LogP contribution in [-0.2, 0) is 0 Å². The maximum atomic E-state index is 5.19. The number of nitrogens with one attached hydrogen (secondary N) is 1. The van der Waals surface area contributed by atoms with Crippen molar-refractivity contribution < 1.29 is 0 Å². The molecule has 2 heteroatoms. The first kappa shape index (κ1) is 18.5. The minimum Gasteiger partial charge on any atom is -0.359 e. The predicted octanol–water partition coefficient (Wildman–Crippen LogP) is 6.06. The molecule has 0 fully saturated rings. The van der Waals surface area contributed by atoms with Crippen molar-refractivity contribution in [2.75, 3.05) is 0 Å². The van der Waals surface area contributed by atoms with Crippen LogP contribution in [0.3, 0.4) is 0 Å². The maximum absolute atomic E-state index is 5.19. The quantitative estimate of drug-likeness (QED) is 0.509. The molecule has 1 aliphatic heterocycles. The number of fused-ring (bicyclic) bond motifs is 3. The number of hydrogen-bond acceptors (Lipinski definition) is 2. The molecular weight excluding hydrogens is 340 g/mol. The Balaban J connectivity index is 1.75. The van der Waals surface area contributed by atoms with Gasteiger partial charge in [-0.05, 0) is 56.0 Å². The van der Waals surface area contributed by atoms with Gasteiger partial charge in [-0.1, -0.05) is 60.7 Å².